The van der Waals surface area contributed by atoms with Crippen LogP contribution in [0.4, 0.5) is 0 Å². The maximum atomic E-state index is 13.6. The van der Waals surface area contributed by atoms with Crippen LogP contribution in [0.5, 0.6) is 11.5 Å². The van der Waals surface area contributed by atoms with Gasteiger partial charge >= 0.3 is 0 Å². The van der Waals surface area contributed by atoms with Gasteiger partial charge in [0, 0.05) is 11.8 Å². The quantitative estimate of drug-likeness (QED) is 0.109. The number of aromatic nitrogens is 1. The summed E-state index contributed by atoms with van der Waals surface area (Å²) in [6.07, 6.45) is 17.3. The second-order valence-electron chi connectivity index (χ2n) is 10.5. The van der Waals surface area contributed by atoms with E-state index in [-0.39, 0.29) is 6.54 Å². The molecule has 0 atom stereocenters. The molecule has 0 unspecified atom stereocenters. The summed E-state index contributed by atoms with van der Waals surface area (Å²) in [6, 6.07) is 19.3. The first-order valence-electron chi connectivity index (χ1n) is 15.3. The Morgan fingerprint density at radius 1 is 0.707 bits per heavy atom. The summed E-state index contributed by atoms with van der Waals surface area (Å²) >= 11 is 0. The van der Waals surface area contributed by atoms with Crippen LogP contribution in [0.2, 0.25) is 0 Å². The number of amides is 2. The Balaban J connectivity index is 1.47. The van der Waals surface area contributed by atoms with Crippen molar-refractivity contribution in [2.24, 2.45) is 0 Å². The molecular formula is C35H46N2O4. The van der Waals surface area contributed by atoms with Crippen LogP contribution in [0, 0.1) is 0 Å². The maximum absolute atomic E-state index is 13.6. The van der Waals surface area contributed by atoms with Crippen molar-refractivity contribution in [3.05, 3.63) is 89.7 Å². The summed E-state index contributed by atoms with van der Waals surface area (Å²) in [7, 11) is 1.51. The van der Waals surface area contributed by atoms with E-state index in [9.17, 15) is 9.59 Å². The van der Waals surface area contributed by atoms with Gasteiger partial charge in [-0.15, -0.1) is 0 Å². The van der Waals surface area contributed by atoms with Crippen molar-refractivity contribution >= 4 is 11.8 Å². The van der Waals surface area contributed by atoms with Crippen molar-refractivity contribution < 1.29 is 19.1 Å². The van der Waals surface area contributed by atoms with Gasteiger partial charge in [0.2, 0.25) is 0 Å². The van der Waals surface area contributed by atoms with Crippen molar-refractivity contribution in [1.29, 1.82) is 0 Å². The van der Waals surface area contributed by atoms with E-state index < -0.39 is 11.8 Å². The Morgan fingerprint density at radius 2 is 1.32 bits per heavy atom. The zero-order valence-electron chi connectivity index (χ0n) is 24.9. The molecule has 0 N–H and O–H groups in total. The molecule has 0 aliphatic heterocycles. The van der Waals surface area contributed by atoms with E-state index in [0.29, 0.717) is 29.2 Å². The molecule has 2 amide bonds. The van der Waals surface area contributed by atoms with Crippen LogP contribution < -0.4 is 9.47 Å². The molecule has 41 heavy (non-hydrogen) atoms. The molecule has 0 spiro atoms. The molecule has 0 fully saturated rings. The third-order valence-electron chi connectivity index (χ3n) is 7.24. The standard InChI is InChI=1S/C35H46N2O4/c1-3-4-5-6-7-8-9-10-11-12-13-18-27-41-31-24-22-29(23-25-31)34(38)37(28-30-19-16-17-26-36-30)35(39)32-20-14-15-21-33(32)40-2/h14-17,19-26H,3-13,18,27-28H2,1-2H3. The Morgan fingerprint density at radius 3 is 1.93 bits per heavy atom. The van der Waals surface area contributed by atoms with Crippen LogP contribution >= 0.6 is 0 Å². The first-order valence-corrected chi connectivity index (χ1v) is 15.3. The summed E-state index contributed by atoms with van der Waals surface area (Å²) in [6.45, 7) is 2.97. The number of para-hydroxylation sites is 1. The number of methoxy groups -OCH3 is 1. The van der Waals surface area contributed by atoms with Gasteiger partial charge in [-0.25, -0.2) is 0 Å². The fraction of sp³-hybridized carbons (Fsp3) is 0.457. The lowest BCUT2D eigenvalue weighted by Gasteiger charge is -2.22. The third-order valence-corrected chi connectivity index (χ3v) is 7.24. The second-order valence-corrected chi connectivity index (χ2v) is 10.5. The van der Waals surface area contributed by atoms with Crippen LogP contribution in [0.1, 0.15) is 110 Å². The lowest BCUT2D eigenvalue weighted by molar-refractivity contribution is 0.0600. The fourth-order valence-electron chi connectivity index (χ4n) is 4.84. The zero-order chi connectivity index (χ0) is 29.1. The topological polar surface area (TPSA) is 68.7 Å². The molecular weight excluding hydrogens is 512 g/mol. The Kier molecular flexibility index (Phi) is 14.5. The van der Waals surface area contributed by atoms with Gasteiger partial charge in [-0.3, -0.25) is 19.5 Å². The molecule has 2 aromatic carbocycles. The van der Waals surface area contributed by atoms with Crippen LogP contribution in [-0.2, 0) is 6.54 Å². The number of imide groups is 1. The SMILES string of the molecule is CCCCCCCCCCCCCCOc1ccc(C(=O)N(Cc2ccccn2)C(=O)c2ccccc2OC)cc1. The molecule has 0 saturated heterocycles. The van der Waals surface area contributed by atoms with E-state index in [1.807, 2.05) is 6.07 Å². The van der Waals surface area contributed by atoms with Crippen molar-refractivity contribution in [3.8, 4) is 11.5 Å². The first-order chi connectivity index (χ1) is 20.1. The number of pyridine rings is 1. The van der Waals surface area contributed by atoms with Crippen LogP contribution in [0.3, 0.4) is 0 Å². The van der Waals surface area contributed by atoms with E-state index in [0.717, 1.165) is 12.2 Å². The van der Waals surface area contributed by atoms with Gasteiger partial charge in [0.25, 0.3) is 11.8 Å². The predicted octanol–water partition coefficient (Wildman–Crippen LogP) is 8.65. The van der Waals surface area contributed by atoms with Gasteiger partial charge in [-0.2, -0.15) is 0 Å². The van der Waals surface area contributed by atoms with Gasteiger partial charge in [-0.05, 0) is 55.0 Å². The Bertz CT molecular complexity index is 1160. The molecule has 6 nitrogen and oxygen atoms in total. The number of ether oxygens (including phenoxy) is 2. The van der Waals surface area contributed by atoms with Crippen molar-refractivity contribution in [3.63, 3.8) is 0 Å². The number of nitrogens with zero attached hydrogens (tertiary/aromatic N) is 2. The first kappa shape index (κ1) is 31.9. The number of unbranched alkanes of at least 4 members (excludes halogenated alkanes) is 11. The highest BCUT2D eigenvalue weighted by molar-refractivity contribution is 6.11. The predicted molar refractivity (Wildman–Crippen MR) is 164 cm³/mol. The molecule has 1 aromatic heterocycles. The van der Waals surface area contributed by atoms with E-state index in [1.54, 1.807) is 66.9 Å². The summed E-state index contributed by atoms with van der Waals surface area (Å²) in [4.78, 5) is 32.6. The average Bonchev–Trinajstić information content (AvgIpc) is 3.02. The normalized spacial score (nSPS) is 10.8. The highest BCUT2D eigenvalue weighted by atomic mass is 16.5. The Hall–Kier alpha value is -3.67. The molecule has 0 radical (unpaired) electrons. The highest BCUT2D eigenvalue weighted by Gasteiger charge is 2.27. The summed E-state index contributed by atoms with van der Waals surface area (Å²) < 4.78 is 11.3. The smallest absolute Gasteiger partial charge is 0.264 e. The minimum Gasteiger partial charge on any atom is -0.496 e. The maximum Gasteiger partial charge on any atom is 0.264 e. The van der Waals surface area contributed by atoms with E-state index >= 15 is 0 Å². The largest absolute Gasteiger partial charge is 0.496 e. The number of carbonyl (C=O) groups excluding carboxylic acids is 2. The molecule has 3 rings (SSSR count). The van der Waals surface area contributed by atoms with Crippen molar-refractivity contribution in [2.45, 2.75) is 90.5 Å². The van der Waals surface area contributed by atoms with Crippen molar-refractivity contribution in [2.75, 3.05) is 13.7 Å². The number of benzene rings is 2. The van der Waals surface area contributed by atoms with Crippen LogP contribution in [0.25, 0.3) is 0 Å². The van der Waals surface area contributed by atoms with E-state index in [4.69, 9.17) is 9.47 Å². The molecule has 0 bridgehead atoms. The summed E-state index contributed by atoms with van der Waals surface area (Å²) in [5, 5.41) is 0. The molecule has 6 heteroatoms. The zero-order valence-corrected chi connectivity index (χ0v) is 24.9. The molecule has 3 aromatic rings. The van der Waals surface area contributed by atoms with Gasteiger partial charge in [-0.1, -0.05) is 95.8 Å². The highest BCUT2D eigenvalue weighted by Crippen LogP contribution is 2.23. The minimum absolute atomic E-state index is 0.0494. The lowest BCUT2D eigenvalue weighted by Crippen LogP contribution is -2.37. The minimum atomic E-state index is -0.439. The van der Waals surface area contributed by atoms with Crippen molar-refractivity contribution in [1.82, 2.24) is 9.88 Å². The molecule has 0 saturated carbocycles. The second kappa shape index (κ2) is 18.6. The van der Waals surface area contributed by atoms with E-state index in [1.165, 1.54) is 82.6 Å². The van der Waals surface area contributed by atoms with Crippen LogP contribution in [0.15, 0.2) is 72.9 Å². The molecule has 220 valence electrons. The molecule has 0 aliphatic carbocycles. The van der Waals surface area contributed by atoms with Gasteiger partial charge in [0.05, 0.1) is 31.5 Å². The molecule has 0 aliphatic rings. The summed E-state index contributed by atoms with van der Waals surface area (Å²) in [5.74, 6) is 0.291. The Labute approximate surface area is 246 Å². The number of rotatable bonds is 19. The van der Waals surface area contributed by atoms with Crippen LogP contribution in [-0.4, -0.2) is 35.4 Å². The third kappa shape index (κ3) is 11.0. The van der Waals surface area contributed by atoms with Gasteiger partial charge < -0.3 is 9.47 Å². The number of hydrogen-bond acceptors (Lipinski definition) is 5. The lowest BCUT2D eigenvalue weighted by atomic mass is 10.1. The summed E-state index contributed by atoms with van der Waals surface area (Å²) in [5.41, 5.74) is 1.34. The number of carbonyl (C=O) groups is 2. The molecule has 1 heterocycles. The fourth-order valence-corrected chi connectivity index (χ4v) is 4.84. The van der Waals surface area contributed by atoms with Gasteiger partial charge in [0.15, 0.2) is 0 Å². The average molecular weight is 559 g/mol. The number of hydrogen-bond donors (Lipinski definition) is 0. The monoisotopic (exact) mass is 558 g/mol. The van der Waals surface area contributed by atoms with Gasteiger partial charge in [0.1, 0.15) is 11.5 Å². The van der Waals surface area contributed by atoms with E-state index in [2.05, 4.69) is 11.9 Å².